The Morgan fingerprint density at radius 1 is 1.38 bits per heavy atom. The molecule has 0 aromatic heterocycles. The number of phenolic OH excluding ortho intramolecular Hbond substituents is 1. The van der Waals surface area contributed by atoms with Crippen molar-refractivity contribution >= 4 is 0 Å². The molecule has 2 N–H and O–H groups in total. The molecule has 72 valence electrons. The molecule has 2 nitrogen and oxygen atoms in total. The summed E-state index contributed by atoms with van der Waals surface area (Å²) in [7, 11) is 1.77. The average molecular weight is 183 g/mol. The van der Waals surface area contributed by atoms with E-state index in [0.29, 0.717) is 5.56 Å². The monoisotopic (exact) mass is 183 g/mol. The molecule has 0 heterocycles. The van der Waals surface area contributed by atoms with Gasteiger partial charge in [0.15, 0.2) is 0 Å². The third-order valence-corrected chi connectivity index (χ3v) is 2.25. The Morgan fingerprint density at radius 2 is 2.00 bits per heavy atom. The van der Waals surface area contributed by atoms with Crippen LogP contribution in [-0.4, -0.2) is 12.2 Å². The largest absolute Gasteiger partial charge is 0.508 e. The van der Waals surface area contributed by atoms with E-state index in [1.165, 1.54) is 6.07 Å². The summed E-state index contributed by atoms with van der Waals surface area (Å²) in [5.41, 5.74) is 0.130. The third kappa shape index (κ3) is 1.98. The number of halogens is 1. The maximum atomic E-state index is 13.3. The minimum Gasteiger partial charge on any atom is -0.508 e. The molecule has 0 aliphatic rings. The van der Waals surface area contributed by atoms with Crippen molar-refractivity contribution in [2.45, 2.75) is 19.4 Å². The molecule has 1 aromatic carbocycles. The second kappa shape index (κ2) is 3.34. The van der Waals surface area contributed by atoms with E-state index in [-0.39, 0.29) is 11.6 Å². The lowest BCUT2D eigenvalue weighted by Crippen LogP contribution is -2.34. The number of nitrogens with one attached hydrogen (secondary N) is 1. The molecular formula is C10H14FNO. The number of rotatable bonds is 2. The first-order chi connectivity index (χ1) is 5.97. The molecule has 0 fully saturated rings. The summed E-state index contributed by atoms with van der Waals surface area (Å²) in [6, 6.07) is 4.19. The summed E-state index contributed by atoms with van der Waals surface area (Å²) in [5, 5.41) is 12.0. The summed E-state index contributed by atoms with van der Waals surface area (Å²) in [5.74, 6) is -0.437. The fourth-order valence-electron chi connectivity index (χ4n) is 1.15. The number of aromatic hydroxyl groups is 1. The van der Waals surface area contributed by atoms with Gasteiger partial charge in [-0.2, -0.15) is 0 Å². The molecule has 3 heteroatoms. The zero-order chi connectivity index (χ0) is 10.1. The predicted molar refractivity (Wildman–Crippen MR) is 50.2 cm³/mol. The highest BCUT2D eigenvalue weighted by Crippen LogP contribution is 2.25. The van der Waals surface area contributed by atoms with Gasteiger partial charge >= 0.3 is 0 Å². The lowest BCUT2D eigenvalue weighted by atomic mass is 9.94. The highest BCUT2D eigenvalue weighted by molar-refractivity contribution is 5.31. The Balaban J connectivity index is 3.16. The van der Waals surface area contributed by atoms with Crippen molar-refractivity contribution in [2.75, 3.05) is 7.05 Å². The van der Waals surface area contributed by atoms with E-state index in [0.717, 1.165) is 6.07 Å². The van der Waals surface area contributed by atoms with Gasteiger partial charge in [-0.25, -0.2) is 4.39 Å². The summed E-state index contributed by atoms with van der Waals surface area (Å²) in [6.45, 7) is 3.75. The van der Waals surface area contributed by atoms with E-state index in [4.69, 9.17) is 5.11 Å². The highest BCUT2D eigenvalue weighted by Gasteiger charge is 2.21. The van der Waals surface area contributed by atoms with E-state index in [1.807, 2.05) is 13.8 Å². The fraction of sp³-hybridized carbons (Fsp3) is 0.400. The van der Waals surface area contributed by atoms with Crippen LogP contribution in [0.25, 0.3) is 0 Å². The van der Waals surface area contributed by atoms with Crippen LogP contribution in [0.1, 0.15) is 19.4 Å². The summed E-state index contributed by atoms with van der Waals surface area (Å²) in [6.07, 6.45) is 0. The van der Waals surface area contributed by atoms with Crippen molar-refractivity contribution in [3.63, 3.8) is 0 Å². The van der Waals surface area contributed by atoms with Gasteiger partial charge in [0.1, 0.15) is 11.6 Å². The first-order valence-corrected chi connectivity index (χ1v) is 4.15. The van der Waals surface area contributed by atoms with E-state index in [9.17, 15) is 4.39 Å². The van der Waals surface area contributed by atoms with Crippen molar-refractivity contribution in [1.82, 2.24) is 5.32 Å². The van der Waals surface area contributed by atoms with Crippen molar-refractivity contribution < 1.29 is 9.50 Å². The number of phenols is 1. The van der Waals surface area contributed by atoms with Crippen LogP contribution < -0.4 is 5.32 Å². The van der Waals surface area contributed by atoms with Crippen LogP contribution in [0.5, 0.6) is 5.75 Å². The van der Waals surface area contributed by atoms with Crippen LogP contribution in [0.4, 0.5) is 4.39 Å². The normalized spacial score (nSPS) is 11.7. The van der Waals surface area contributed by atoms with Gasteiger partial charge in [0.2, 0.25) is 0 Å². The minimum absolute atomic E-state index is 0.0480. The fourth-order valence-corrected chi connectivity index (χ4v) is 1.15. The van der Waals surface area contributed by atoms with Gasteiger partial charge in [0, 0.05) is 17.2 Å². The molecular weight excluding hydrogens is 169 g/mol. The molecule has 0 amide bonds. The molecule has 0 saturated heterocycles. The molecule has 1 aromatic rings. The molecule has 1 rings (SSSR count). The first kappa shape index (κ1) is 9.99. The first-order valence-electron chi connectivity index (χ1n) is 4.15. The van der Waals surface area contributed by atoms with Crippen molar-refractivity contribution in [2.24, 2.45) is 0 Å². The van der Waals surface area contributed by atoms with Gasteiger partial charge in [-0.3, -0.25) is 0 Å². The van der Waals surface area contributed by atoms with Crippen molar-refractivity contribution in [3.8, 4) is 5.75 Å². The minimum atomic E-state index is -0.419. The molecule has 0 aliphatic heterocycles. The quantitative estimate of drug-likeness (QED) is 0.734. The lowest BCUT2D eigenvalue weighted by Gasteiger charge is -2.25. The summed E-state index contributed by atoms with van der Waals surface area (Å²) >= 11 is 0. The molecule has 0 bridgehead atoms. The molecule has 0 atom stereocenters. The van der Waals surface area contributed by atoms with Crippen molar-refractivity contribution in [1.29, 1.82) is 0 Å². The van der Waals surface area contributed by atoms with Crippen LogP contribution in [0, 0.1) is 5.82 Å². The van der Waals surface area contributed by atoms with Crippen LogP contribution in [-0.2, 0) is 5.54 Å². The third-order valence-electron chi connectivity index (χ3n) is 2.25. The second-order valence-corrected chi connectivity index (χ2v) is 3.54. The number of hydrogen-bond donors (Lipinski definition) is 2. The topological polar surface area (TPSA) is 32.3 Å². The van der Waals surface area contributed by atoms with Gasteiger partial charge < -0.3 is 10.4 Å². The number of benzene rings is 1. The molecule has 0 unspecified atom stereocenters. The summed E-state index contributed by atoms with van der Waals surface area (Å²) < 4.78 is 13.3. The molecule has 0 aliphatic carbocycles. The zero-order valence-corrected chi connectivity index (χ0v) is 8.06. The van der Waals surface area contributed by atoms with E-state index in [2.05, 4.69) is 5.32 Å². The Bertz CT molecular complexity index is 310. The zero-order valence-electron chi connectivity index (χ0n) is 8.06. The van der Waals surface area contributed by atoms with Gasteiger partial charge in [0.25, 0.3) is 0 Å². The van der Waals surface area contributed by atoms with Gasteiger partial charge in [-0.05, 0) is 27.0 Å². The maximum Gasteiger partial charge on any atom is 0.131 e. The lowest BCUT2D eigenvalue weighted by molar-refractivity contribution is 0.414. The molecule has 0 saturated carbocycles. The second-order valence-electron chi connectivity index (χ2n) is 3.54. The maximum absolute atomic E-state index is 13.3. The average Bonchev–Trinajstić information content (AvgIpc) is 2.03. The van der Waals surface area contributed by atoms with Crippen LogP contribution in [0.3, 0.4) is 0 Å². The Hall–Kier alpha value is -1.09. The molecule has 0 spiro atoms. The van der Waals surface area contributed by atoms with Crippen LogP contribution >= 0.6 is 0 Å². The summed E-state index contributed by atoms with van der Waals surface area (Å²) in [4.78, 5) is 0. The van der Waals surface area contributed by atoms with Crippen molar-refractivity contribution in [3.05, 3.63) is 29.6 Å². The van der Waals surface area contributed by atoms with E-state index < -0.39 is 5.54 Å². The van der Waals surface area contributed by atoms with Gasteiger partial charge in [0.05, 0.1) is 0 Å². The van der Waals surface area contributed by atoms with E-state index in [1.54, 1.807) is 13.1 Å². The molecule has 0 radical (unpaired) electrons. The van der Waals surface area contributed by atoms with E-state index >= 15 is 0 Å². The van der Waals surface area contributed by atoms with Gasteiger partial charge in [-0.15, -0.1) is 0 Å². The van der Waals surface area contributed by atoms with Crippen LogP contribution in [0.15, 0.2) is 18.2 Å². The standard InChI is InChI=1S/C10H14FNO/c1-10(2,12-3)8-5-4-7(13)6-9(8)11/h4-6,12-13H,1-3H3. The highest BCUT2D eigenvalue weighted by atomic mass is 19.1. The SMILES string of the molecule is CNC(C)(C)c1ccc(O)cc1F. The molecule has 13 heavy (non-hydrogen) atoms. The van der Waals surface area contributed by atoms with Gasteiger partial charge in [-0.1, -0.05) is 6.07 Å². The van der Waals surface area contributed by atoms with Crippen LogP contribution in [0.2, 0.25) is 0 Å². The Morgan fingerprint density at radius 3 is 2.46 bits per heavy atom. The predicted octanol–water partition coefficient (Wildman–Crippen LogP) is 1.99. The smallest absolute Gasteiger partial charge is 0.131 e. The number of hydrogen-bond acceptors (Lipinski definition) is 2. The Labute approximate surface area is 77.4 Å². The Kier molecular flexibility index (Phi) is 2.57.